The molecule has 1 aromatic carbocycles. The van der Waals surface area contributed by atoms with Crippen LogP contribution in [0, 0.1) is 5.41 Å². The predicted octanol–water partition coefficient (Wildman–Crippen LogP) is 4.01. The molecule has 0 fully saturated rings. The molecule has 2 rings (SSSR count). The summed E-state index contributed by atoms with van der Waals surface area (Å²) < 4.78 is 5.37. The first-order chi connectivity index (χ1) is 11.5. The van der Waals surface area contributed by atoms with Gasteiger partial charge in [0.1, 0.15) is 17.6 Å². The molecule has 0 spiro atoms. The molecule has 8 heteroatoms. The van der Waals surface area contributed by atoms with Crippen LogP contribution in [0.25, 0.3) is 0 Å². The number of carbonyl (C=O) groups is 1. The van der Waals surface area contributed by atoms with E-state index in [9.17, 15) is 4.79 Å². The second-order valence-corrected chi connectivity index (χ2v) is 6.02. The van der Waals surface area contributed by atoms with Gasteiger partial charge in [-0.05, 0) is 24.1 Å². The molecule has 24 heavy (non-hydrogen) atoms. The van der Waals surface area contributed by atoms with Crippen molar-refractivity contribution >= 4 is 46.5 Å². The van der Waals surface area contributed by atoms with E-state index in [0.29, 0.717) is 18.1 Å². The molecule has 0 saturated heterocycles. The molecule has 0 aliphatic carbocycles. The summed E-state index contributed by atoms with van der Waals surface area (Å²) in [5.74, 6) is -0.648. The molecular formula is C16H14Cl3N3O2. The lowest BCUT2D eigenvalue weighted by molar-refractivity contribution is 0.0970. The molecule has 126 valence electrons. The first-order valence-electron chi connectivity index (χ1n) is 6.98. The van der Waals surface area contributed by atoms with Crippen molar-refractivity contribution in [1.29, 1.82) is 5.41 Å². The Morgan fingerprint density at radius 1 is 1.25 bits per heavy atom. The summed E-state index contributed by atoms with van der Waals surface area (Å²) in [7, 11) is 0. The molecule has 1 amide bonds. The van der Waals surface area contributed by atoms with Gasteiger partial charge in [-0.3, -0.25) is 10.2 Å². The lowest BCUT2D eigenvalue weighted by Gasteiger charge is -2.09. The summed E-state index contributed by atoms with van der Waals surface area (Å²) in [5.41, 5.74) is 1.07. The molecule has 1 heterocycles. The van der Waals surface area contributed by atoms with Gasteiger partial charge in [0.25, 0.3) is 5.91 Å². The van der Waals surface area contributed by atoms with Crippen molar-refractivity contribution in [3.63, 3.8) is 0 Å². The molecule has 1 aromatic heterocycles. The third-order valence-electron chi connectivity index (χ3n) is 3.03. The first-order valence-corrected chi connectivity index (χ1v) is 8.11. The van der Waals surface area contributed by atoms with Gasteiger partial charge in [-0.25, -0.2) is 4.98 Å². The van der Waals surface area contributed by atoms with E-state index < -0.39 is 5.91 Å². The fraction of sp³-hybridized carbons (Fsp3) is 0.188. The minimum atomic E-state index is -0.560. The zero-order chi connectivity index (χ0) is 17.5. The van der Waals surface area contributed by atoms with Crippen LogP contribution in [0.3, 0.4) is 0 Å². The Kier molecular flexibility index (Phi) is 6.99. The van der Waals surface area contributed by atoms with Gasteiger partial charge in [-0.1, -0.05) is 53.0 Å². The molecule has 2 aromatic rings. The van der Waals surface area contributed by atoms with Crippen LogP contribution in [-0.4, -0.2) is 29.9 Å². The maximum Gasteiger partial charge on any atom is 0.259 e. The number of nitrogens with zero attached hydrogens (tertiary/aromatic N) is 1. The topological polar surface area (TPSA) is 75.1 Å². The number of pyridine rings is 1. The van der Waals surface area contributed by atoms with E-state index in [4.69, 9.17) is 44.9 Å². The number of rotatable bonds is 6. The van der Waals surface area contributed by atoms with E-state index in [2.05, 4.69) is 10.3 Å². The van der Waals surface area contributed by atoms with E-state index in [1.165, 1.54) is 12.3 Å². The first kappa shape index (κ1) is 18.7. The van der Waals surface area contributed by atoms with Crippen molar-refractivity contribution in [2.75, 3.05) is 13.2 Å². The largest absolute Gasteiger partial charge is 0.373 e. The molecular weight excluding hydrogens is 373 g/mol. The normalized spacial score (nSPS) is 10.5. The highest BCUT2D eigenvalue weighted by Gasteiger charge is 2.13. The zero-order valence-electron chi connectivity index (χ0n) is 12.5. The highest BCUT2D eigenvalue weighted by atomic mass is 35.5. The molecule has 0 unspecified atom stereocenters. The van der Waals surface area contributed by atoms with Crippen molar-refractivity contribution in [2.45, 2.75) is 6.42 Å². The molecule has 5 nitrogen and oxygen atoms in total. The van der Waals surface area contributed by atoms with Gasteiger partial charge in [-0.15, -0.1) is 0 Å². The Balaban J connectivity index is 1.78. The van der Waals surface area contributed by atoms with Gasteiger partial charge < -0.3 is 10.1 Å². The van der Waals surface area contributed by atoms with Crippen LogP contribution in [0.5, 0.6) is 0 Å². The minimum Gasteiger partial charge on any atom is -0.373 e. The summed E-state index contributed by atoms with van der Waals surface area (Å²) in [6, 6.07) is 8.85. The summed E-state index contributed by atoms with van der Waals surface area (Å²) in [6.45, 7) is 0.337. The van der Waals surface area contributed by atoms with Crippen molar-refractivity contribution in [3.05, 3.63) is 62.9 Å². The number of amides is 1. The van der Waals surface area contributed by atoms with E-state index in [0.717, 1.165) is 5.56 Å². The summed E-state index contributed by atoms with van der Waals surface area (Å²) in [4.78, 5) is 15.8. The van der Waals surface area contributed by atoms with Gasteiger partial charge in [0.2, 0.25) is 0 Å². The Hall–Kier alpha value is -1.66. The predicted molar refractivity (Wildman–Crippen MR) is 95.4 cm³/mol. The van der Waals surface area contributed by atoms with Crippen LogP contribution in [0.2, 0.25) is 15.2 Å². The van der Waals surface area contributed by atoms with Crippen molar-refractivity contribution in [3.8, 4) is 0 Å². The van der Waals surface area contributed by atoms with Crippen molar-refractivity contribution < 1.29 is 9.53 Å². The van der Waals surface area contributed by atoms with Crippen LogP contribution in [0.1, 0.15) is 15.9 Å². The zero-order valence-corrected chi connectivity index (χ0v) is 14.8. The van der Waals surface area contributed by atoms with Crippen LogP contribution in [-0.2, 0) is 11.2 Å². The fourth-order valence-electron chi connectivity index (χ4n) is 1.88. The Labute approximate surface area is 154 Å². The van der Waals surface area contributed by atoms with Gasteiger partial charge in [0.15, 0.2) is 0 Å². The molecule has 0 aliphatic heterocycles. The average Bonchev–Trinajstić information content (AvgIpc) is 2.55. The standard InChI is InChI=1S/C16H14Cl3N3O2/c17-11-7-12(15(19)21-8-11)16(23)22-14(20)9-24-6-5-10-3-1-2-4-13(10)18/h1-4,7-8H,5-6,9H2,(H2,20,22,23). The number of halogens is 3. The smallest absolute Gasteiger partial charge is 0.259 e. The van der Waals surface area contributed by atoms with Crippen molar-refractivity contribution in [2.24, 2.45) is 0 Å². The number of ether oxygens (including phenoxy) is 1. The second kappa shape index (κ2) is 8.99. The Morgan fingerprint density at radius 3 is 2.75 bits per heavy atom. The van der Waals surface area contributed by atoms with Crippen LogP contribution in [0.15, 0.2) is 36.5 Å². The Morgan fingerprint density at radius 2 is 2.00 bits per heavy atom. The summed E-state index contributed by atoms with van der Waals surface area (Å²) >= 11 is 17.7. The molecule has 0 bridgehead atoms. The van der Waals surface area contributed by atoms with E-state index >= 15 is 0 Å². The highest BCUT2D eigenvalue weighted by molar-refractivity contribution is 6.35. The number of benzene rings is 1. The lowest BCUT2D eigenvalue weighted by Crippen LogP contribution is -2.33. The minimum absolute atomic E-state index is 0.0179. The summed E-state index contributed by atoms with van der Waals surface area (Å²) in [6.07, 6.45) is 1.95. The number of aromatic nitrogens is 1. The summed E-state index contributed by atoms with van der Waals surface area (Å²) in [5, 5.41) is 11.1. The SMILES string of the molecule is N=C(COCCc1ccccc1Cl)NC(=O)c1cc(Cl)cnc1Cl. The maximum absolute atomic E-state index is 12.0. The monoisotopic (exact) mass is 385 g/mol. The van der Waals surface area contributed by atoms with Crippen LogP contribution in [0.4, 0.5) is 0 Å². The van der Waals surface area contributed by atoms with Crippen LogP contribution < -0.4 is 5.32 Å². The number of carbonyl (C=O) groups excluding carboxylic acids is 1. The third kappa shape index (κ3) is 5.46. The molecule has 0 atom stereocenters. The fourth-order valence-corrected chi connectivity index (χ4v) is 2.46. The van der Waals surface area contributed by atoms with Gasteiger partial charge >= 0.3 is 0 Å². The average molecular weight is 387 g/mol. The number of nitrogens with one attached hydrogen (secondary N) is 2. The number of hydrogen-bond donors (Lipinski definition) is 2. The molecule has 0 radical (unpaired) electrons. The second-order valence-electron chi connectivity index (χ2n) is 4.82. The van der Waals surface area contributed by atoms with Crippen molar-refractivity contribution in [1.82, 2.24) is 10.3 Å². The van der Waals surface area contributed by atoms with E-state index in [-0.39, 0.29) is 28.2 Å². The Bertz CT molecular complexity index is 753. The molecule has 0 saturated carbocycles. The number of hydrogen-bond acceptors (Lipinski definition) is 4. The van der Waals surface area contributed by atoms with E-state index in [1.54, 1.807) is 0 Å². The van der Waals surface area contributed by atoms with E-state index in [1.807, 2.05) is 24.3 Å². The van der Waals surface area contributed by atoms with Crippen LogP contribution >= 0.6 is 34.8 Å². The molecule has 0 aliphatic rings. The number of amidine groups is 1. The molecule has 2 N–H and O–H groups in total. The lowest BCUT2D eigenvalue weighted by atomic mass is 10.2. The van der Waals surface area contributed by atoms with Gasteiger partial charge in [-0.2, -0.15) is 0 Å². The third-order valence-corrected chi connectivity index (χ3v) is 3.91. The quantitative estimate of drug-likeness (QED) is 0.341. The maximum atomic E-state index is 12.0. The highest BCUT2D eigenvalue weighted by Crippen LogP contribution is 2.17. The van der Waals surface area contributed by atoms with Gasteiger partial charge in [0, 0.05) is 11.2 Å². The van der Waals surface area contributed by atoms with Gasteiger partial charge in [0.05, 0.1) is 17.2 Å².